The predicted octanol–water partition coefficient (Wildman–Crippen LogP) is 3.85. The van der Waals surface area contributed by atoms with Crippen molar-refractivity contribution in [3.63, 3.8) is 0 Å². The van der Waals surface area contributed by atoms with Crippen LogP contribution in [0.4, 0.5) is 0 Å². The molecule has 3 heteroatoms. The van der Waals surface area contributed by atoms with Gasteiger partial charge in [0.15, 0.2) is 0 Å². The molecular formula is C17H23N3. The van der Waals surface area contributed by atoms with Gasteiger partial charge in [0.1, 0.15) is 0 Å². The van der Waals surface area contributed by atoms with E-state index < -0.39 is 0 Å². The van der Waals surface area contributed by atoms with Crippen molar-refractivity contribution in [2.45, 2.75) is 51.2 Å². The van der Waals surface area contributed by atoms with Gasteiger partial charge in [0, 0.05) is 24.8 Å². The minimum atomic E-state index is 0.434. The molecule has 3 rings (SSSR count). The average molecular weight is 269 g/mol. The van der Waals surface area contributed by atoms with E-state index in [1.165, 1.54) is 36.9 Å². The van der Waals surface area contributed by atoms with E-state index in [1.54, 1.807) is 0 Å². The summed E-state index contributed by atoms with van der Waals surface area (Å²) < 4.78 is 2.33. The Bertz CT molecular complexity index is 528. The van der Waals surface area contributed by atoms with Crippen molar-refractivity contribution >= 4 is 0 Å². The van der Waals surface area contributed by atoms with Crippen molar-refractivity contribution in [2.24, 2.45) is 0 Å². The molecule has 20 heavy (non-hydrogen) atoms. The summed E-state index contributed by atoms with van der Waals surface area (Å²) in [5, 5.41) is 3.70. The first-order chi connectivity index (χ1) is 9.88. The number of benzene rings is 1. The minimum absolute atomic E-state index is 0.434. The lowest BCUT2D eigenvalue weighted by Gasteiger charge is -2.19. The zero-order chi connectivity index (χ0) is 13.8. The molecule has 1 heterocycles. The number of hydrogen-bond donors (Lipinski definition) is 1. The van der Waals surface area contributed by atoms with Crippen LogP contribution in [0.15, 0.2) is 42.9 Å². The Labute approximate surface area is 121 Å². The standard InChI is InChI=1S/C17H23N3/c1-2-6-17(14-7-4-3-5-8-14)19-12-16-11-18-13-20(16)15-9-10-15/h3-5,7-8,11,13,15,17,19H,2,6,9-10,12H2,1H3. The van der Waals surface area contributed by atoms with Gasteiger partial charge in [-0.05, 0) is 24.8 Å². The number of imidazole rings is 1. The van der Waals surface area contributed by atoms with Gasteiger partial charge in [-0.15, -0.1) is 0 Å². The molecule has 0 saturated heterocycles. The quantitative estimate of drug-likeness (QED) is 0.827. The highest BCUT2D eigenvalue weighted by molar-refractivity contribution is 5.19. The largest absolute Gasteiger partial charge is 0.330 e. The molecule has 1 N–H and O–H groups in total. The SMILES string of the molecule is CCCC(NCc1cncn1C1CC1)c1ccccc1. The summed E-state index contributed by atoms with van der Waals surface area (Å²) in [4.78, 5) is 4.30. The molecule has 1 aliphatic carbocycles. The molecule has 1 atom stereocenters. The molecule has 106 valence electrons. The van der Waals surface area contributed by atoms with Crippen LogP contribution in [0.1, 0.15) is 55.9 Å². The molecular weight excluding hydrogens is 246 g/mol. The Morgan fingerprint density at radius 1 is 1.30 bits per heavy atom. The highest BCUT2D eigenvalue weighted by Crippen LogP contribution is 2.35. The molecule has 1 fully saturated rings. The molecule has 1 aromatic carbocycles. The molecule has 3 nitrogen and oxygen atoms in total. The lowest BCUT2D eigenvalue weighted by Crippen LogP contribution is -2.22. The Kier molecular flexibility index (Phi) is 4.16. The van der Waals surface area contributed by atoms with Gasteiger partial charge < -0.3 is 9.88 Å². The fourth-order valence-corrected chi connectivity index (χ4v) is 2.74. The van der Waals surface area contributed by atoms with Crippen LogP contribution in [0.25, 0.3) is 0 Å². The van der Waals surface area contributed by atoms with Gasteiger partial charge in [-0.1, -0.05) is 43.7 Å². The maximum absolute atomic E-state index is 4.30. The average Bonchev–Trinajstić information content (AvgIpc) is 3.23. The maximum Gasteiger partial charge on any atom is 0.0951 e. The highest BCUT2D eigenvalue weighted by Gasteiger charge is 2.25. The fraction of sp³-hybridized carbons (Fsp3) is 0.471. The molecule has 0 bridgehead atoms. The predicted molar refractivity (Wildman–Crippen MR) is 81.4 cm³/mol. The van der Waals surface area contributed by atoms with Crippen molar-refractivity contribution in [2.75, 3.05) is 0 Å². The molecule has 0 spiro atoms. The van der Waals surface area contributed by atoms with Gasteiger partial charge in [-0.2, -0.15) is 0 Å². The van der Waals surface area contributed by atoms with E-state index in [0.717, 1.165) is 6.54 Å². The Morgan fingerprint density at radius 2 is 2.10 bits per heavy atom. The smallest absolute Gasteiger partial charge is 0.0951 e. The summed E-state index contributed by atoms with van der Waals surface area (Å²) in [5.41, 5.74) is 2.69. The third-order valence-electron chi connectivity index (χ3n) is 4.00. The van der Waals surface area contributed by atoms with Crippen LogP contribution >= 0.6 is 0 Å². The molecule has 0 amide bonds. The van der Waals surface area contributed by atoms with E-state index in [-0.39, 0.29) is 0 Å². The monoisotopic (exact) mass is 269 g/mol. The van der Waals surface area contributed by atoms with Crippen molar-refractivity contribution < 1.29 is 0 Å². The van der Waals surface area contributed by atoms with E-state index >= 15 is 0 Å². The van der Waals surface area contributed by atoms with Gasteiger partial charge in [0.05, 0.1) is 12.0 Å². The fourth-order valence-electron chi connectivity index (χ4n) is 2.74. The van der Waals surface area contributed by atoms with E-state index in [2.05, 4.69) is 52.1 Å². The van der Waals surface area contributed by atoms with Crippen molar-refractivity contribution in [1.29, 1.82) is 0 Å². The Balaban J connectivity index is 1.66. The van der Waals surface area contributed by atoms with Crippen molar-refractivity contribution in [3.05, 3.63) is 54.1 Å². The van der Waals surface area contributed by atoms with Gasteiger partial charge in [0.25, 0.3) is 0 Å². The number of hydrogen-bond acceptors (Lipinski definition) is 2. The third-order valence-corrected chi connectivity index (χ3v) is 4.00. The first kappa shape index (κ1) is 13.4. The van der Waals surface area contributed by atoms with Gasteiger partial charge >= 0.3 is 0 Å². The molecule has 1 aromatic heterocycles. The zero-order valence-electron chi connectivity index (χ0n) is 12.1. The number of aromatic nitrogens is 2. The van der Waals surface area contributed by atoms with Crippen LogP contribution in [0.3, 0.4) is 0 Å². The van der Waals surface area contributed by atoms with Crippen LogP contribution in [0, 0.1) is 0 Å². The lowest BCUT2D eigenvalue weighted by molar-refractivity contribution is 0.481. The van der Waals surface area contributed by atoms with Gasteiger partial charge in [-0.25, -0.2) is 4.98 Å². The molecule has 0 radical (unpaired) electrons. The molecule has 1 saturated carbocycles. The van der Waals surface area contributed by atoms with E-state index in [1.807, 2.05) is 12.5 Å². The second-order valence-corrected chi connectivity index (χ2v) is 5.66. The summed E-state index contributed by atoms with van der Waals surface area (Å²) in [6.45, 7) is 3.14. The molecule has 2 aromatic rings. The van der Waals surface area contributed by atoms with Crippen molar-refractivity contribution in [3.8, 4) is 0 Å². The topological polar surface area (TPSA) is 29.9 Å². The van der Waals surface area contributed by atoms with Crippen LogP contribution in [-0.2, 0) is 6.54 Å². The molecule has 1 unspecified atom stereocenters. The summed E-state index contributed by atoms with van der Waals surface area (Å²) in [7, 11) is 0. The van der Waals surface area contributed by atoms with Crippen LogP contribution in [0.2, 0.25) is 0 Å². The second-order valence-electron chi connectivity index (χ2n) is 5.66. The second kappa shape index (κ2) is 6.23. The van der Waals surface area contributed by atoms with Crippen LogP contribution in [-0.4, -0.2) is 9.55 Å². The lowest BCUT2D eigenvalue weighted by atomic mass is 10.0. The summed E-state index contributed by atoms with van der Waals surface area (Å²) in [6.07, 6.45) is 8.95. The molecule has 1 aliphatic rings. The number of nitrogens with zero attached hydrogens (tertiary/aromatic N) is 2. The third kappa shape index (κ3) is 3.10. The first-order valence-corrected chi connectivity index (χ1v) is 7.67. The van der Waals surface area contributed by atoms with Gasteiger partial charge in [0.2, 0.25) is 0 Å². The van der Waals surface area contributed by atoms with Gasteiger partial charge in [-0.3, -0.25) is 0 Å². The van der Waals surface area contributed by atoms with E-state index in [4.69, 9.17) is 0 Å². The molecule has 0 aliphatic heterocycles. The normalized spacial score (nSPS) is 16.2. The maximum atomic E-state index is 4.30. The Morgan fingerprint density at radius 3 is 2.80 bits per heavy atom. The summed E-state index contributed by atoms with van der Waals surface area (Å²) in [5.74, 6) is 0. The Hall–Kier alpha value is -1.61. The van der Waals surface area contributed by atoms with Crippen LogP contribution in [0.5, 0.6) is 0 Å². The van der Waals surface area contributed by atoms with Crippen LogP contribution < -0.4 is 5.32 Å². The van der Waals surface area contributed by atoms with Crippen molar-refractivity contribution in [1.82, 2.24) is 14.9 Å². The number of rotatable bonds is 7. The highest BCUT2D eigenvalue weighted by atomic mass is 15.1. The first-order valence-electron chi connectivity index (χ1n) is 7.67. The van der Waals surface area contributed by atoms with E-state index in [9.17, 15) is 0 Å². The summed E-state index contributed by atoms with van der Waals surface area (Å²) >= 11 is 0. The minimum Gasteiger partial charge on any atom is -0.330 e. The zero-order valence-corrected chi connectivity index (χ0v) is 12.1. The summed E-state index contributed by atoms with van der Waals surface area (Å²) in [6, 6.07) is 11.9. The number of nitrogens with one attached hydrogen (secondary N) is 1. The van der Waals surface area contributed by atoms with E-state index in [0.29, 0.717) is 12.1 Å².